The Hall–Kier alpha value is -2.08. The first-order chi connectivity index (χ1) is 11.7. The van der Waals surface area contributed by atoms with Crippen molar-refractivity contribution in [2.75, 3.05) is 32.1 Å². The second-order valence-electron chi connectivity index (χ2n) is 5.13. The number of ether oxygens (including phenoxy) is 2. The van der Waals surface area contributed by atoms with Crippen molar-refractivity contribution in [1.82, 2.24) is 5.32 Å². The van der Waals surface area contributed by atoms with Gasteiger partial charge in [-0.3, -0.25) is 4.79 Å². The SMILES string of the molecule is COCCNCC(=O)Nc1ccccc1OCc1cccc(Cl)c1. The van der Waals surface area contributed by atoms with Crippen LogP contribution in [0.1, 0.15) is 5.56 Å². The maximum absolute atomic E-state index is 12.0. The summed E-state index contributed by atoms with van der Waals surface area (Å²) in [4.78, 5) is 12.0. The van der Waals surface area contributed by atoms with E-state index in [4.69, 9.17) is 21.1 Å². The highest BCUT2D eigenvalue weighted by Gasteiger charge is 2.07. The zero-order valence-electron chi connectivity index (χ0n) is 13.5. The molecule has 6 heteroatoms. The van der Waals surface area contributed by atoms with E-state index in [0.29, 0.717) is 36.2 Å². The van der Waals surface area contributed by atoms with Gasteiger partial charge in [0.1, 0.15) is 12.4 Å². The fourth-order valence-corrected chi connectivity index (χ4v) is 2.27. The van der Waals surface area contributed by atoms with Crippen molar-refractivity contribution in [3.05, 3.63) is 59.1 Å². The van der Waals surface area contributed by atoms with Gasteiger partial charge < -0.3 is 20.1 Å². The van der Waals surface area contributed by atoms with Crippen LogP contribution in [0, 0.1) is 0 Å². The molecule has 2 aromatic rings. The molecule has 0 fully saturated rings. The van der Waals surface area contributed by atoms with Gasteiger partial charge in [0.25, 0.3) is 0 Å². The highest BCUT2D eigenvalue weighted by molar-refractivity contribution is 6.30. The Morgan fingerprint density at radius 2 is 2.00 bits per heavy atom. The maximum atomic E-state index is 12.0. The minimum Gasteiger partial charge on any atom is -0.487 e. The first kappa shape index (κ1) is 18.3. The van der Waals surface area contributed by atoms with E-state index < -0.39 is 0 Å². The van der Waals surface area contributed by atoms with Crippen LogP contribution in [0.4, 0.5) is 5.69 Å². The number of anilines is 1. The second kappa shape index (κ2) is 9.93. The molecule has 24 heavy (non-hydrogen) atoms. The predicted molar refractivity (Wildman–Crippen MR) is 95.6 cm³/mol. The van der Waals surface area contributed by atoms with Crippen molar-refractivity contribution in [1.29, 1.82) is 0 Å². The lowest BCUT2D eigenvalue weighted by molar-refractivity contribution is -0.115. The van der Waals surface area contributed by atoms with E-state index >= 15 is 0 Å². The third-order valence-corrected chi connectivity index (χ3v) is 3.45. The summed E-state index contributed by atoms with van der Waals surface area (Å²) in [7, 11) is 1.62. The van der Waals surface area contributed by atoms with Crippen LogP contribution in [0.15, 0.2) is 48.5 Å². The van der Waals surface area contributed by atoms with Gasteiger partial charge in [-0.1, -0.05) is 35.9 Å². The molecule has 0 saturated carbocycles. The van der Waals surface area contributed by atoms with Crippen LogP contribution in [0.5, 0.6) is 5.75 Å². The third kappa shape index (κ3) is 6.20. The predicted octanol–water partition coefficient (Wildman–Crippen LogP) is 3.09. The van der Waals surface area contributed by atoms with Crippen LogP contribution in [0.25, 0.3) is 0 Å². The summed E-state index contributed by atoms with van der Waals surface area (Å²) in [5.41, 5.74) is 1.60. The van der Waals surface area contributed by atoms with Crippen molar-refractivity contribution < 1.29 is 14.3 Å². The average Bonchev–Trinajstić information content (AvgIpc) is 2.58. The van der Waals surface area contributed by atoms with Crippen LogP contribution >= 0.6 is 11.6 Å². The van der Waals surface area contributed by atoms with Crippen LogP contribution < -0.4 is 15.4 Å². The van der Waals surface area contributed by atoms with Gasteiger partial charge in [-0.2, -0.15) is 0 Å². The second-order valence-corrected chi connectivity index (χ2v) is 5.57. The number of carbonyl (C=O) groups excluding carboxylic acids is 1. The Bertz CT molecular complexity index is 664. The van der Waals surface area contributed by atoms with Gasteiger partial charge in [-0.15, -0.1) is 0 Å². The molecule has 0 unspecified atom stereocenters. The molecule has 128 valence electrons. The number of benzene rings is 2. The summed E-state index contributed by atoms with van der Waals surface area (Å²) in [5.74, 6) is 0.479. The largest absolute Gasteiger partial charge is 0.487 e. The summed E-state index contributed by atoms with van der Waals surface area (Å²) >= 11 is 5.97. The number of methoxy groups -OCH3 is 1. The first-order valence-corrected chi connectivity index (χ1v) is 8.02. The van der Waals surface area contributed by atoms with E-state index in [9.17, 15) is 4.79 Å². The number of carbonyl (C=O) groups is 1. The van der Waals surface area contributed by atoms with Gasteiger partial charge in [-0.25, -0.2) is 0 Å². The van der Waals surface area contributed by atoms with Gasteiger partial charge in [0, 0.05) is 18.7 Å². The summed E-state index contributed by atoms with van der Waals surface area (Å²) in [6.07, 6.45) is 0. The molecule has 0 aromatic heterocycles. The number of para-hydroxylation sites is 2. The zero-order valence-corrected chi connectivity index (χ0v) is 14.3. The Morgan fingerprint density at radius 3 is 2.79 bits per heavy atom. The highest BCUT2D eigenvalue weighted by Crippen LogP contribution is 2.25. The van der Waals surface area contributed by atoms with Gasteiger partial charge in [0.05, 0.1) is 18.8 Å². The maximum Gasteiger partial charge on any atom is 0.238 e. The topological polar surface area (TPSA) is 59.6 Å². The van der Waals surface area contributed by atoms with Crippen molar-refractivity contribution in [2.24, 2.45) is 0 Å². The average molecular weight is 349 g/mol. The molecule has 0 aliphatic carbocycles. The van der Waals surface area contributed by atoms with Gasteiger partial charge in [0.15, 0.2) is 0 Å². The van der Waals surface area contributed by atoms with Crippen molar-refractivity contribution >= 4 is 23.2 Å². The van der Waals surface area contributed by atoms with Gasteiger partial charge in [-0.05, 0) is 29.8 Å². The van der Waals surface area contributed by atoms with Crippen LogP contribution in [0.3, 0.4) is 0 Å². The van der Waals surface area contributed by atoms with Crippen LogP contribution in [-0.4, -0.2) is 32.7 Å². The zero-order chi connectivity index (χ0) is 17.2. The Balaban J connectivity index is 1.91. The molecular formula is C18H21ClN2O3. The molecular weight excluding hydrogens is 328 g/mol. The number of hydrogen-bond acceptors (Lipinski definition) is 4. The molecule has 2 aromatic carbocycles. The number of halogens is 1. The molecule has 0 radical (unpaired) electrons. The molecule has 0 spiro atoms. The number of rotatable bonds is 9. The Labute approximate surface area is 146 Å². The smallest absolute Gasteiger partial charge is 0.238 e. The molecule has 2 rings (SSSR count). The molecule has 0 atom stereocenters. The lowest BCUT2D eigenvalue weighted by Gasteiger charge is -2.13. The lowest BCUT2D eigenvalue weighted by atomic mass is 10.2. The van der Waals surface area contributed by atoms with E-state index in [1.807, 2.05) is 42.5 Å². The Morgan fingerprint density at radius 1 is 1.17 bits per heavy atom. The quantitative estimate of drug-likeness (QED) is 0.684. The molecule has 0 saturated heterocycles. The fraction of sp³-hybridized carbons (Fsp3) is 0.278. The summed E-state index contributed by atoms with van der Waals surface area (Å²) in [5, 5.41) is 6.51. The van der Waals surface area contributed by atoms with Gasteiger partial charge >= 0.3 is 0 Å². The van der Waals surface area contributed by atoms with Crippen LogP contribution in [0.2, 0.25) is 5.02 Å². The van der Waals surface area contributed by atoms with E-state index in [-0.39, 0.29) is 12.5 Å². The molecule has 0 aliphatic heterocycles. The third-order valence-electron chi connectivity index (χ3n) is 3.21. The van der Waals surface area contributed by atoms with Crippen molar-refractivity contribution in [3.8, 4) is 5.75 Å². The number of hydrogen-bond donors (Lipinski definition) is 2. The molecule has 5 nitrogen and oxygen atoms in total. The number of amides is 1. The van der Waals surface area contributed by atoms with E-state index in [0.717, 1.165) is 5.56 Å². The normalized spacial score (nSPS) is 10.4. The molecule has 0 bridgehead atoms. The molecule has 2 N–H and O–H groups in total. The van der Waals surface area contributed by atoms with E-state index in [2.05, 4.69) is 10.6 Å². The van der Waals surface area contributed by atoms with Crippen molar-refractivity contribution in [3.63, 3.8) is 0 Å². The lowest BCUT2D eigenvalue weighted by Crippen LogP contribution is -2.30. The monoisotopic (exact) mass is 348 g/mol. The first-order valence-electron chi connectivity index (χ1n) is 7.65. The van der Waals surface area contributed by atoms with E-state index in [1.165, 1.54) is 0 Å². The standard InChI is InChI=1S/C18H21ClN2O3/c1-23-10-9-20-12-18(22)21-16-7-2-3-8-17(16)24-13-14-5-4-6-15(19)11-14/h2-8,11,20H,9-10,12-13H2,1H3,(H,21,22). The molecule has 0 aliphatic rings. The molecule has 1 amide bonds. The van der Waals surface area contributed by atoms with Crippen LogP contribution in [-0.2, 0) is 16.1 Å². The fourth-order valence-electron chi connectivity index (χ4n) is 2.05. The van der Waals surface area contributed by atoms with Gasteiger partial charge in [0.2, 0.25) is 5.91 Å². The number of nitrogens with one attached hydrogen (secondary N) is 2. The van der Waals surface area contributed by atoms with E-state index in [1.54, 1.807) is 13.2 Å². The summed E-state index contributed by atoms with van der Waals surface area (Å²) in [6, 6.07) is 14.8. The minimum atomic E-state index is -0.134. The Kier molecular flexibility index (Phi) is 7.55. The van der Waals surface area contributed by atoms with Crippen molar-refractivity contribution in [2.45, 2.75) is 6.61 Å². The minimum absolute atomic E-state index is 0.134. The summed E-state index contributed by atoms with van der Waals surface area (Å²) < 4.78 is 10.7. The molecule has 0 heterocycles. The highest BCUT2D eigenvalue weighted by atomic mass is 35.5. The summed E-state index contributed by atoms with van der Waals surface area (Å²) in [6.45, 7) is 1.77.